The van der Waals surface area contributed by atoms with Crippen molar-refractivity contribution in [3.8, 4) is 0 Å². The van der Waals surface area contributed by atoms with Crippen molar-refractivity contribution in [1.82, 2.24) is 4.90 Å². The van der Waals surface area contributed by atoms with Gasteiger partial charge in [0.15, 0.2) is 6.10 Å². The Balaban J connectivity index is 2.73. The molecule has 0 aromatic heterocycles. The molecular weight excluding hydrogens is 267 g/mol. The number of aliphatic hydroxyl groups is 1. The van der Waals surface area contributed by atoms with Crippen LogP contribution in [0.25, 0.3) is 0 Å². The normalized spacial score (nSPS) is 15.8. The van der Waals surface area contributed by atoms with Crippen molar-refractivity contribution in [2.75, 3.05) is 13.6 Å². The van der Waals surface area contributed by atoms with Crippen LogP contribution < -0.4 is 0 Å². The van der Waals surface area contributed by atoms with Crippen LogP contribution in [0.15, 0.2) is 24.3 Å². The second-order valence-electron chi connectivity index (χ2n) is 4.19. The lowest BCUT2D eigenvalue weighted by Crippen LogP contribution is -2.40. The van der Waals surface area contributed by atoms with Gasteiger partial charge < -0.3 is 5.11 Å². The highest BCUT2D eigenvalue weighted by Gasteiger charge is 2.39. The molecule has 1 aromatic rings. The van der Waals surface area contributed by atoms with Crippen LogP contribution in [-0.4, -0.2) is 35.9 Å². The van der Waals surface area contributed by atoms with E-state index >= 15 is 0 Å². The van der Waals surface area contributed by atoms with Crippen LogP contribution >= 0.6 is 11.6 Å². The third kappa shape index (κ3) is 3.86. The van der Waals surface area contributed by atoms with Gasteiger partial charge in [-0.15, -0.1) is 0 Å². The van der Waals surface area contributed by atoms with Crippen molar-refractivity contribution < 1.29 is 18.3 Å². The largest absolute Gasteiger partial charge is 0.415 e. The highest BCUT2D eigenvalue weighted by molar-refractivity contribution is 6.31. The molecule has 0 aliphatic rings. The molecule has 2 atom stereocenters. The van der Waals surface area contributed by atoms with Gasteiger partial charge in [0.25, 0.3) is 0 Å². The molecular formula is C12H15ClF3NO. The molecule has 0 spiro atoms. The van der Waals surface area contributed by atoms with E-state index in [1.165, 1.54) is 11.9 Å². The molecule has 0 fully saturated rings. The molecule has 18 heavy (non-hydrogen) atoms. The van der Waals surface area contributed by atoms with Gasteiger partial charge in [0, 0.05) is 17.6 Å². The predicted molar refractivity (Wildman–Crippen MR) is 64.6 cm³/mol. The number of benzene rings is 1. The number of nitrogens with zero attached hydrogens (tertiary/aromatic N) is 1. The summed E-state index contributed by atoms with van der Waals surface area (Å²) >= 11 is 5.98. The minimum atomic E-state index is -4.60. The first kappa shape index (κ1) is 15.3. The molecule has 6 heteroatoms. The maximum absolute atomic E-state index is 12.3. The zero-order valence-electron chi connectivity index (χ0n) is 10.1. The van der Waals surface area contributed by atoms with E-state index in [2.05, 4.69) is 0 Å². The molecule has 1 aromatic carbocycles. The van der Waals surface area contributed by atoms with Gasteiger partial charge in [-0.1, -0.05) is 29.8 Å². The SMILES string of the molecule is CC(c1ccccc1Cl)N(C)CC(O)C(F)(F)F. The second kappa shape index (κ2) is 5.91. The average molecular weight is 282 g/mol. The van der Waals surface area contributed by atoms with Gasteiger partial charge in [0.1, 0.15) is 0 Å². The zero-order valence-corrected chi connectivity index (χ0v) is 10.8. The van der Waals surface area contributed by atoms with E-state index in [-0.39, 0.29) is 6.04 Å². The number of hydrogen-bond acceptors (Lipinski definition) is 2. The third-order valence-electron chi connectivity index (χ3n) is 2.86. The number of likely N-dealkylation sites (N-methyl/N-ethyl adjacent to an activating group) is 1. The van der Waals surface area contributed by atoms with Gasteiger partial charge >= 0.3 is 6.18 Å². The maximum atomic E-state index is 12.3. The van der Waals surface area contributed by atoms with Crippen LogP contribution in [0.5, 0.6) is 0 Å². The highest BCUT2D eigenvalue weighted by Crippen LogP contribution is 2.28. The van der Waals surface area contributed by atoms with Gasteiger partial charge in [0.2, 0.25) is 0 Å². The molecule has 2 nitrogen and oxygen atoms in total. The van der Waals surface area contributed by atoms with Gasteiger partial charge in [-0.2, -0.15) is 13.2 Å². The number of rotatable bonds is 4. The Bertz CT molecular complexity index is 397. The topological polar surface area (TPSA) is 23.5 Å². The van der Waals surface area contributed by atoms with E-state index in [1.54, 1.807) is 31.2 Å². The summed E-state index contributed by atoms with van der Waals surface area (Å²) in [7, 11) is 1.52. The molecule has 0 saturated carbocycles. The Morgan fingerprint density at radius 1 is 1.33 bits per heavy atom. The van der Waals surface area contributed by atoms with Crippen LogP contribution in [0.4, 0.5) is 13.2 Å². The van der Waals surface area contributed by atoms with E-state index in [0.717, 1.165) is 5.56 Å². The molecule has 0 amide bonds. The minimum Gasteiger partial charge on any atom is -0.382 e. The first-order valence-corrected chi connectivity index (χ1v) is 5.80. The van der Waals surface area contributed by atoms with Crippen molar-refractivity contribution in [3.63, 3.8) is 0 Å². The average Bonchev–Trinajstić information content (AvgIpc) is 2.27. The minimum absolute atomic E-state index is 0.310. The molecule has 0 bridgehead atoms. The summed E-state index contributed by atoms with van der Waals surface area (Å²) in [6.07, 6.45) is -6.96. The molecule has 0 aliphatic heterocycles. The standard InChI is InChI=1S/C12H15ClF3NO/c1-8(9-5-3-4-6-10(9)13)17(2)7-11(18)12(14,15)16/h3-6,8,11,18H,7H2,1-2H3. The van der Waals surface area contributed by atoms with Crippen molar-refractivity contribution >= 4 is 11.6 Å². The zero-order chi connectivity index (χ0) is 13.9. The summed E-state index contributed by atoms with van der Waals surface area (Å²) in [6.45, 7) is 1.25. The van der Waals surface area contributed by atoms with Crippen molar-refractivity contribution in [2.45, 2.75) is 25.2 Å². The fourth-order valence-corrected chi connectivity index (χ4v) is 1.88. The Hall–Kier alpha value is -0.780. The summed E-state index contributed by atoms with van der Waals surface area (Å²) in [6, 6.07) is 6.65. The first-order valence-electron chi connectivity index (χ1n) is 5.43. The molecule has 2 unspecified atom stereocenters. The lowest BCUT2D eigenvalue weighted by Gasteiger charge is -2.28. The molecule has 1 rings (SSSR count). The lowest BCUT2D eigenvalue weighted by molar-refractivity contribution is -0.208. The first-order chi connectivity index (χ1) is 8.23. The number of hydrogen-bond donors (Lipinski definition) is 1. The highest BCUT2D eigenvalue weighted by atomic mass is 35.5. The maximum Gasteiger partial charge on any atom is 0.415 e. The summed E-state index contributed by atoms with van der Waals surface area (Å²) in [5, 5.41) is 9.52. The van der Waals surface area contributed by atoms with E-state index in [9.17, 15) is 13.2 Å². The molecule has 0 heterocycles. The molecule has 102 valence electrons. The summed E-state index contributed by atoms with van der Waals surface area (Å²) in [5.74, 6) is 0. The molecule has 0 aliphatic carbocycles. The Morgan fingerprint density at radius 2 is 1.89 bits per heavy atom. The Labute approximate surface area is 109 Å². The molecule has 0 saturated heterocycles. The number of alkyl halides is 3. The van der Waals surface area contributed by atoms with E-state index in [0.29, 0.717) is 5.02 Å². The van der Waals surface area contributed by atoms with Gasteiger partial charge in [-0.3, -0.25) is 4.90 Å². The quantitative estimate of drug-likeness (QED) is 0.916. The van der Waals surface area contributed by atoms with E-state index in [1.807, 2.05) is 0 Å². The summed E-state index contributed by atoms with van der Waals surface area (Å²) in [4.78, 5) is 1.42. The van der Waals surface area contributed by atoms with Crippen molar-refractivity contribution in [3.05, 3.63) is 34.9 Å². The lowest BCUT2D eigenvalue weighted by atomic mass is 10.1. The second-order valence-corrected chi connectivity index (χ2v) is 4.60. The fourth-order valence-electron chi connectivity index (χ4n) is 1.59. The van der Waals surface area contributed by atoms with Crippen molar-refractivity contribution in [1.29, 1.82) is 0 Å². The van der Waals surface area contributed by atoms with E-state index < -0.39 is 18.8 Å². The van der Waals surface area contributed by atoms with Crippen LogP contribution in [0.2, 0.25) is 5.02 Å². The van der Waals surface area contributed by atoms with Crippen LogP contribution in [0, 0.1) is 0 Å². The molecule has 1 N–H and O–H groups in total. The Morgan fingerprint density at radius 3 is 2.39 bits per heavy atom. The van der Waals surface area contributed by atoms with Crippen LogP contribution in [0.3, 0.4) is 0 Å². The number of aliphatic hydroxyl groups excluding tert-OH is 1. The van der Waals surface area contributed by atoms with Gasteiger partial charge in [0.05, 0.1) is 0 Å². The summed E-state index contributed by atoms with van der Waals surface area (Å²) < 4.78 is 36.8. The monoisotopic (exact) mass is 281 g/mol. The van der Waals surface area contributed by atoms with Gasteiger partial charge in [-0.25, -0.2) is 0 Å². The Kier molecular flexibility index (Phi) is 5.01. The number of halogens is 4. The van der Waals surface area contributed by atoms with Crippen LogP contribution in [0.1, 0.15) is 18.5 Å². The third-order valence-corrected chi connectivity index (χ3v) is 3.20. The van der Waals surface area contributed by atoms with Gasteiger partial charge in [-0.05, 0) is 25.6 Å². The van der Waals surface area contributed by atoms with Crippen molar-refractivity contribution in [2.24, 2.45) is 0 Å². The smallest absolute Gasteiger partial charge is 0.382 e. The summed E-state index contributed by atoms with van der Waals surface area (Å²) in [5.41, 5.74) is 0.732. The predicted octanol–water partition coefficient (Wildman–Crippen LogP) is 3.26. The molecule has 0 radical (unpaired) electrons. The fraction of sp³-hybridized carbons (Fsp3) is 0.500. The van der Waals surface area contributed by atoms with Crippen LogP contribution in [-0.2, 0) is 0 Å². The van der Waals surface area contributed by atoms with E-state index in [4.69, 9.17) is 16.7 Å².